The SMILES string of the molecule is CCC(CC)OC1CCCCC1CN. The zero-order valence-corrected chi connectivity index (χ0v) is 9.67. The van der Waals surface area contributed by atoms with Gasteiger partial charge in [-0.3, -0.25) is 0 Å². The van der Waals surface area contributed by atoms with E-state index >= 15 is 0 Å². The predicted octanol–water partition coefficient (Wildman–Crippen LogP) is 2.71. The summed E-state index contributed by atoms with van der Waals surface area (Å²) in [6.45, 7) is 5.20. The van der Waals surface area contributed by atoms with Crippen LogP contribution < -0.4 is 5.73 Å². The van der Waals surface area contributed by atoms with Gasteiger partial charge in [0.05, 0.1) is 12.2 Å². The maximum absolute atomic E-state index is 6.11. The van der Waals surface area contributed by atoms with Crippen molar-refractivity contribution in [3.63, 3.8) is 0 Å². The van der Waals surface area contributed by atoms with Gasteiger partial charge < -0.3 is 10.5 Å². The molecule has 1 fully saturated rings. The number of hydrogen-bond acceptors (Lipinski definition) is 2. The van der Waals surface area contributed by atoms with Crippen molar-refractivity contribution in [1.29, 1.82) is 0 Å². The summed E-state index contributed by atoms with van der Waals surface area (Å²) in [6.07, 6.45) is 8.30. The molecule has 14 heavy (non-hydrogen) atoms. The van der Waals surface area contributed by atoms with Crippen molar-refractivity contribution in [1.82, 2.24) is 0 Å². The summed E-state index contributed by atoms with van der Waals surface area (Å²) in [4.78, 5) is 0. The van der Waals surface area contributed by atoms with Crippen molar-refractivity contribution < 1.29 is 4.74 Å². The van der Waals surface area contributed by atoms with Gasteiger partial charge in [0.1, 0.15) is 0 Å². The first kappa shape index (κ1) is 12.0. The average molecular weight is 199 g/mol. The molecule has 2 N–H and O–H groups in total. The lowest BCUT2D eigenvalue weighted by Gasteiger charge is -2.33. The van der Waals surface area contributed by atoms with Crippen molar-refractivity contribution in [3.8, 4) is 0 Å². The molecular formula is C12H25NO. The molecule has 1 aliphatic rings. The van der Waals surface area contributed by atoms with Gasteiger partial charge in [0.15, 0.2) is 0 Å². The van der Waals surface area contributed by atoms with Gasteiger partial charge in [-0.15, -0.1) is 0 Å². The van der Waals surface area contributed by atoms with Crippen molar-refractivity contribution in [2.75, 3.05) is 6.54 Å². The van der Waals surface area contributed by atoms with E-state index in [0.717, 1.165) is 19.4 Å². The zero-order chi connectivity index (χ0) is 10.4. The molecule has 0 saturated heterocycles. The van der Waals surface area contributed by atoms with Gasteiger partial charge in [-0.2, -0.15) is 0 Å². The minimum Gasteiger partial charge on any atom is -0.375 e. The normalized spacial score (nSPS) is 28.3. The van der Waals surface area contributed by atoms with Gasteiger partial charge in [0, 0.05) is 0 Å². The summed E-state index contributed by atoms with van der Waals surface area (Å²) in [6, 6.07) is 0. The van der Waals surface area contributed by atoms with E-state index in [1.165, 1.54) is 25.7 Å². The highest BCUT2D eigenvalue weighted by molar-refractivity contribution is 4.77. The van der Waals surface area contributed by atoms with E-state index in [1.54, 1.807) is 0 Å². The summed E-state index contributed by atoms with van der Waals surface area (Å²) in [5.74, 6) is 0.615. The van der Waals surface area contributed by atoms with Gasteiger partial charge >= 0.3 is 0 Å². The molecule has 0 aromatic rings. The van der Waals surface area contributed by atoms with E-state index in [2.05, 4.69) is 13.8 Å². The van der Waals surface area contributed by atoms with Crippen LogP contribution in [0.25, 0.3) is 0 Å². The fourth-order valence-electron chi connectivity index (χ4n) is 2.35. The average Bonchev–Trinajstić information content (AvgIpc) is 2.26. The number of hydrogen-bond donors (Lipinski definition) is 1. The van der Waals surface area contributed by atoms with Gasteiger partial charge in [0.2, 0.25) is 0 Å². The maximum atomic E-state index is 6.11. The van der Waals surface area contributed by atoms with Crippen LogP contribution in [0.5, 0.6) is 0 Å². The fourth-order valence-corrected chi connectivity index (χ4v) is 2.35. The topological polar surface area (TPSA) is 35.2 Å². The van der Waals surface area contributed by atoms with E-state index in [-0.39, 0.29) is 0 Å². The first-order valence-electron chi connectivity index (χ1n) is 6.17. The second kappa shape index (κ2) is 6.41. The van der Waals surface area contributed by atoms with Crippen LogP contribution in [0, 0.1) is 5.92 Å². The molecule has 1 rings (SSSR count). The fraction of sp³-hybridized carbons (Fsp3) is 1.00. The van der Waals surface area contributed by atoms with Crippen LogP contribution in [0.3, 0.4) is 0 Å². The maximum Gasteiger partial charge on any atom is 0.0619 e. The molecule has 0 amide bonds. The van der Waals surface area contributed by atoms with E-state index in [1.807, 2.05) is 0 Å². The second-order valence-electron chi connectivity index (χ2n) is 4.39. The van der Waals surface area contributed by atoms with E-state index in [9.17, 15) is 0 Å². The van der Waals surface area contributed by atoms with Crippen molar-refractivity contribution in [3.05, 3.63) is 0 Å². The molecule has 2 nitrogen and oxygen atoms in total. The lowest BCUT2D eigenvalue weighted by molar-refractivity contribution is -0.0599. The predicted molar refractivity (Wildman–Crippen MR) is 60.3 cm³/mol. The molecule has 0 aromatic heterocycles. The van der Waals surface area contributed by atoms with Crippen LogP contribution in [0.15, 0.2) is 0 Å². The quantitative estimate of drug-likeness (QED) is 0.739. The van der Waals surface area contributed by atoms with Crippen molar-refractivity contribution in [2.24, 2.45) is 11.7 Å². The highest BCUT2D eigenvalue weighted by Gasteiger charge is 2.26. The Bertz CT molecular complexity index is 145. The van der Waals surface area contributed by atoms with Crippen LogP contribution in [-0.4, -0.2) is 18.8 Å². The Balaban J connectivity index is 2.39. The minimum absolute atomic E-state index is 0.443. The Hall–Kier alpha value is -0.0800. The zero-order valence-electron chi connectivity index (χ0n) is 9.67. The lowest BCUT2D eigenvalue weighted by atomic mass is 9.86. The molecule has 0 bridgehead atoms. The van der Waals surface area contributed by atoms with E-state index < -0.39 is 0 Å². The standard InChI is InChI=1S/C12H25NO/c1-3-11(4-2)14-12-8-6-5-7-10(12)9-13/h10-12H,3-9,13H2,1-2H3. The molecule has 2 atom stereocenters. The molecule has 84 valence electrons. The van der Waals surface area contributed by atoms with Gasteiger partial charge in [-0.05, 0) is 38.1 Å². The molecule has 1 saturated carbocycles. The third-order valence-corrected chi connectivity index (χ3v) is 3.42. The van der Waals surface area contributed by atoms with Crippen LogP contribution in [0.4, 0.5) is 0 Å². The molecule has 0 spiro atoms. The molecule has 0 aliphatic heterocycles. The Morgan fingerprint density at radius 3 is 2.43 bits per heavy atom. The van der Waals surface area contributed by atoms with Gasteiger partial charge in [-0.1, -0.05) is 26.7 Å². The highest BCUT2D eigenvalue weighted by atomic mass is 16.5. The van der Waals surface area contributed by atoms with Crippen LogP contribution in [-0.2, 0) is 4.74 Å². The molecule has 0 radical (unpaired) electrons. The third kappa shape index (κ3) is 3.25. The first-order chi connectivity index (χ1) is 6.81. The number of ether oxygens (including phenoxy) is 1. The second-order valence-corrected chi connectivity index (χ2v) is 4.39. The largest absolute Gasteiger partial charge is 0.375 e. The lowest BCUT2D eigenvalue weighted by Crippen LogP contribution is -2.35. The summed E-state index contributed by atoms with van der Waals surface area (Å²) in [5.41, 5.74) is 5.77. The molecule has 0 heterocycles. The first-order valence-corrected chi connectivity index (χ1v) is 6.17. The molecule has 1 aliphatic carbocycles. The van der Waals surface area contributed by atoms with Crippen molar-refractivity contribution in [2.45, 2.75) is 64.6 Å². The molecule has 2 heteroatoms. The summed E-state index contributed by atoms with van der Waals surface area (Å²) >= 11 is 0. The minimum atomic E-state index is 0.443. The molecular weight excluding hydrogens is 174 g/mol. The van der Waals surface area contributed by atoms with Crippen molar-refractivity contribution >= 4 is 0 Å². The Morgan fingerprint density at radius 2 is 1.86 bits per heavy atom. The Labute approximate surface area is 88.2 Å². The van der Waals surface area contributed by atoms with E-state index in [0.29, 0.717) is 18.1 Å². The van der Waals surface area contributed by atoms with Crippen LogP contribution in [0.1, 0.15) is 52.4 Å². The highest BCUT2D eigenvalue weighted by Crippen LogP contribution is 2.27. The Morgan fingerprint density at radius 1 is 1.21 bits per heavy atom. The van der Waals surface area contributed by atoms with Gasteiger partial charge in [0.25, 0.3) is 0 Å². The van der Waals surface area contributed by atoms with Crippen LogP contribution in [0.2, 0.25) is 0 Å². The summed E-state index contributed by atoms with van der Waals surface area (Å²) < 4.78 is 6.11. The monoisotopic (exact) mass is 199 g/mol. The van der Waals surface area contributed by atoms with Crippen LogP contribution >= 0.6 is 0 Å². The third-order valence-electron chi connectivity index (χ3n) is 3.42. The Kier molecular flexibility index (Phi) is 5.49. The molecule has 0 aromatic carbocycles. The van der Waals surface area contributed by atoms with E-state index in [4.69, 9.17) is 10.5 Å². The number of rotatable bonds is 5. The smallest absolute Gasteiger partial charge is 0.0619 e. The molecule has 2 unspecified atom stereocenters. The summed E-state index contributed by atoms with van der Waals surface area (Å²) in [7, 11) is 0. The summed E-state index contributed by atoms with van der Waals surface area (Å²) in [5, 5.41) is 0. The number of nitrogens with two attached hydrogens (primary N) is 1. The van der Waals surface area contributed by atoms with Gasteiger partial charge in [-0.25, -0.2) is 0 Å².